The SMILES string of the molecule is CC1OC(CO)C(OC2OC(COC3(C(=O)O)CC(O)C(N)C(C(O)C(O)CO)O3)C(O)C(O)C2O)C(O)C1O. The second-order valence-corrected chi connectivity index (χ2v) is 10.2. The molecule has 0 spiro atoms. The van der Waals surface area contributed by atoms with E-state index in [2.05, 4.69) is 0 Å². The zero-order chi connectivity index (χ0) is 30.1. The Morgan fingerprint density at radius 2 is 1.62 bits per heavy atom. The Balaban J connectivity index is 1.77. The summed E-state index contributed by atoms with van der Waals surface area (Å²) in [4.78, 5) is 12.2. The van der Waals surface area contributed by atoms with Crippen LogP contribution in [0.4, 0.5) is 0 Å². The van der Waals surface area contributed by atoms with Gasteiger partial charge in [-0.1, -0.05) is 0 Å². The Labute approximate surface area is 227 Å². The normalized spacial score (nSPS) is 48.0. The largest absolute Gasteiger partial charge is 0.477 e. The van der Waals surface area contributed by atoms with Crippen molar-refractivity contribution in [3.63, 3.8) is 0 Å². The molecule has 234 valence electrons. The second kappa shape index (κ2) is 13.4. The molecule has 0 saturated carbocycles. The van der Waals surface area contributed by atoms with E-state index in [0.29, 0.717) is 0 Å². The fourth-order valence-corrected chi connectivity index (χ4v) is 4.87. The molecule has 0 aliphatic carbocycles. The van der Waals surface area contributed by atoms with E-state index in [0.717, 1.165) is 0 Å². The predicted octanol–water partition coefficient (Wildman–Crippen LogP) is -7.33. The summed E-state index contributed by atoms with van der Waals surface area (Å²) in [5.41, 5.74) is 5.81. The summed E-state index contributed by atoms with van der Waals surface area (Å²) in [5.74, 6) is -4.52. The van der Waals surface area contributed by atoms with Crippen LogP contribution in [0.3, 0.4) is 0 Å². The van der Waals surface area contributed by atoms with Crippen LogP contribution in [0.5, 0.6) is 0 Å². The number of aliphatic hydroxyl groups excluding tert-OH is 10. The van der Waals surface area contributed by atoms with Crippen molar-refractivity contribution in [2.24, 2.45) is 5.73 Å². The highest BCUT2D eigenvalue weighted by Crippen LogP contribution is 2.34. The number of nitrogens with two attached hydrogens (primary N) is 1. The first-order valence-corrected chi connectivity index (χ1v) is 12.6. The van der Waals surface area contributed by atoms with Crippen LogP contribution in [-0.2, 0) is 28.5 Å². The molecule has 3 rings (SSSR count). The van der Waals surface area contributed by atoms with Crippen molar-refractivity contribution in [3.05, 3.63) is 0 Å². The van der Waals surface area contributed by atoms with Crippen LogP contribution in [0.2, 0.25) is 0 Å². The first kappa shape index (κ1) is 33.3. The van der Waals surface area contributed by atoms with Crippen molar-refractivity contribution < 1.29 is 84.7 Å². The zero-order valence-electron chi connectivity index (χ0n) is 21.4. The van der Waals surface area contributed by atoms with Gasteiger partial charge in [0.25, 0.3) is 5.79 Å². The summed E-state index contributed by atoms with van der Waals surface area (Å²) >= 11 is 0. The van der Waals surface area contributed by atoms with Gasteiger partial charge in [0.1, 0.15) is 67.1 Å². The van der Waals surface area contributed by atoms with Crippen LogP contribution in [0, 0.1) is 0 Å². The van der Waals surface area contributed by atoms with Crippen LogP contribution in [0.1, 0.15) is 13.3 Å². The van der Waals surface area contributed by atoms with Crippen LogP contribution >= 0.6 is 0 Å². The lowest BCUT2D eigenvalue weighted by atomic mass is 9.89. The average Bonchev–Trinajstić information content (AvgIpc) is 2.93. The van der Waals surface area contributed by atoms with Crippen molar-refractivity contribution in [2.75, 3.05) is 19.8 Å². The molecule has 3 aliphatic heterocycles. The number of aliphatic hydroxyl groups is 10. The highest BCUT2D eigenvalue weighted by Gasteiger charge is 2.56. The lowest BCUT2D eigenvalue weighted by Crippen LogP contribution is -2.67. The second-order valence-electron chi connectivity index (χ2n) is 10.2. The lowest BCUT2D eigenvalue weighted by Gasteiger charge is -2.47. The zero-order valence-corrected chi connectivity index (χ0v) is 21.4. The quantitative estimate of drug-likeness (QED) is 0.113. The monoisotopic (exact) mass is 589 g/mol. The number of hydrogen-bond acceptors (Lipinski definition) is 17. The predicted molar refractivity (Wildman–Crippen MR) is 124 cm³/mol. The highest BCUT2D eigenvalue weighted by atomic mass is 16.8. The average molecular weight is 590 g/mol. The Bertz CT molecular complexity index is 837. The summed E-state index contributed by atoms with van der Waals surface area (Å²) in [6.45, 7) is -1.05. The molecule has 3 heterocycles. The summed E-state index contributed by atoms with van der Waals surface area (Å²) in [6, 6.07) is -1.40. The van der Waals surface area contributed by atoms with Crippen LogP contribution in [-0.4, -0.2) is 179 Å². The molecule has 0 amide bonds. The fraction of sp³-hybridized carbons (Fsp3) is 0.955. The van der Waals surface area contributed by atoms with Crippen molar-refractivity contribution in [1.82, 2.24) is 0 Å². The number of carboxylic acid groups (broad SMARTS) is 1. The van der Waals surface area contributed by atoms with E-state index in [9.17, 15) is 55.9 Å². The minimum absolute atomic E-state index is 0.666. The van der Waals surface area contributed by atoms with Gasteiger partial charge < -0.3 is 85.6 Å². The molecule has 40 heavy (non-hydrogen) atoms. The van der Waals surface area contributed by atoms with Crippen molar-refractivity contribution in [1.29, 1.82) is 0 Å². The number of carboxylic acids is 1. The van der Waals surface area contributed by atoms with E-state index in [1.807, 2.05) is 0 Å². The molecule has 16 unspecified atom stereocenters. The van der Waals surface area contributed by atoms with Crippen LogP contribution in [0.15, 0.2) is 0 Å². The van der Waals surface area contributed by atoms with Gasteiger partial charge in [0, 0.05) is 6.42 Å². The molecule has 3 aliphatic rings. The molecule has 18 heteroatoms. The molecular weight excluding hydrogens is 550 g/mol. The molecule has 18 nitrogen and oxygen atoms in total. The Morgan fingerprint density at radius 3 is 2.20 bits per heavy atom. The molecular formula is C22H39NO17. The van der Waals surface area contributed by atoms with E-state index in [4.69, 9.17) is 34.5 Å². The third-order valence-electron chi connectivity index (χ3n) is 7.42. The van der Waals surface area contributed by atoms with Gasteiger partial charge in [0.2, 0.25) is 0 Å². The Hall–Kier alpha value is -1.17. The van der Waals surface area contributed by atoms with Crippen molar-refractivity contribution in [3.8, 4) is 0 Å². The van der Waals surface area contributed by atoms with E-state index in [1.54, 1.807) is 0 Å². The number of hydrogen-bond donors (Lipinski definition) is 12. The molecule has 0 aromatic carbocycles. The van der Waals surface area contributed by atoms with Crippen molar-refractivity contribution in [2.45, 2.75) is 111 Å². The summed E-state index contributed by atoms with van der Waals surface area (Å²) in [5, 5.41) is 111. The molecule has 0 aromatic rings. The molecule has 13 N–H and O–H groups in total. The number of carbonyl (C=O) groups is 1. The minimum atomic E-state index is -2.72. The summed E-state index contributed by atoms with van der Waals surface area (Å²) in [7, 11) is 0. The van der Waals surface area contributed by atoms with Crippen molar-refractivity contribution >= 4 is 5.97 Å². The number of rotatable bonds is 10. The van der Waals surface area contributed by atoms with Gasteiger partial charge in [-0.2, -0.15) is 0 Å². The molecule has 0 bridgehead atoms. The first-order valence-electron chi connectivity index (χ1n) is 12.6. The Morgan fingerprint density at radius 1 is 0.975 bits per heavy atom. The maximum Gasteiger partial charge on any atom is 0.364 e. The van der Waals surface area contributed by atoms with E-state index in [-0.39, 0.29) is 0 Å². The fourth-order valence-electron chi connectivity index (χ4n) is 4.87. The molecule has 3 saturated heterocycles. The van der Waals surface area contributed by atoms with E-state index < -0.39 is 130 Å². The van der Waals surface area contributed by atoms with Gasteiger partial charge in [-0.05, 0) is 6.92 Å². The summed E-state index contributed by atoms with van der Waals surface area (Å²) in [6.07, 6.45) is -23.7. The molecule has 3 fully saturated rings. The van der Waals surface area contributed by atoms with Gasteiger partial charge in [-0.15, -0.1) is 0 Å². The number of aliphatic carboxylic acids is 1. The third kappa shape index (κ3) is 6.57. The third-order valence-corrected chi connectivity index (χ3v) is 7.42. The van der Waals surface area contributed by atoms with Crippen LogP contribution < -0.4 is 5.73 Å². The summed E-state index contributed by atoms with van der Waals surface area (Å²) < 4.78 is 27.2. The maximum absolute atomic E-state index is 12.2. The van der Waals surface area contributed by atoms with Gasteiger partial charge in [-0.25, -0.2) is 4.79 Å². The van der Waals surface area contributed by atoms with Gasteiger partial charge in [0.15, 0.2) is 6.29 Å². The van der Waals surface area contributed by atoms with Crippen LogP contribution in [0.25, 0.3) is 0 Å². The van der Waals surface area contributed by atoms with Gasteiger partial charge in [-0.3, -0.25) is 0 Å². The first-order chi connectivity index (χ1) is 18.7. The lowest BCUT2D eigenvalue weighted by molar-refractivity contribution is -0.355. The van der Waals surface area contributed by atoms with E-state index >= 15 is 0 Å². The highest BCUT2D eigenvalue weighted by molar-refractivity contribution is 5.76. The standard InChI is InChI=1S/C22H39NO17/c1-6-12(28)16(32)18(9(4-25)37-6)39-20-17(33)15(31)14(30)10(38-20)5-36-22(21(34)35)2-7(26)11(23)19(40-22)13(29)8(27)3-24/h6-20,24-33H,2-5,23H2,1H3,(H,34,35). The number of ether oxygens (including phenoxy) is 5. The van der Waals surface area contributed by atoms with E-state index in [1.165, 1.54) is 6.92 Å². The molecule has 16 atom stereocenters. The molecule has 0 radical (unpaired) electrons. The smallest absolute Gasteiger partial charge is 0.364 e. The van der Waals surface area contributed by atoms with Gasteiger partial charge in [0.05, 0.1) is 38.1 Å². The maximum atomic E-state index is 12.2. The topological polar surface area (TPSA) is 312 Å². The minimum Gasteiger partial charge on any atom is -0.477 e. The molecule has 0 aromatic heterocycles. The Kier molecular flexibility index (Phi) is 11.2. The van der Waals surface area contributed by atoms with Gasteiger partial charge >= 0.3 is 5.97 Å².